The first-order valence-corrected chi connectivity index (χ1v) is 6.41. The Labute approximate surface area is 109 Å². The number of rotatable bonds is 4. The zero-order valence-electron chi connectivity index (χ0n) is 11.9. The molecule has 1 amide bonds. The Morgan fingerprint density at radius 2 is 2.11 bits per heavy atom. The summed E-state index contributed by atoms with van der Waals surface area (Å²) in [7, 11) is 0. The van der Waals surface area contributed by atoms with Gasteiger partial charge in [0, 0.05) is 6.04 Å². The highest BCUT2D eigenvalue weighted by molar-refractivity contribution is 5.97. The molecule has 1 rings (SSSR count). The second kappa shape index (κ2) is 5.42. The molecule has 0 saturated carbocycles. The highest BCUT2D eigenvalue weighted by Crippen LogP contribution is 2.20. The average Bonchev–Trinajstić information content (AvgIpc) is 2.60. The Kier molecular flexibility index (Phi) is 4.38. The Hall–Kier alpha value is -1.52. The van der Waals surface area contributed by atoms with Gasteiger partial charge in [0.05, 0.1) is 11.4 Å². The van der Waals surface area contributed by atoms with Crippen LogP contribution < -0.4 is 11.1 Å². The van der Waals surface area contributed by atoms with Gasteiger partial charge in [-0.05, 0) is 18.8 Å². The molecule has 0 radical (unpaired) electrons. The molecule has 1 aromatic heterocycles. The summed E-state index contributed by atoms with van der Waals surface area (Å²) in [6.45, 7) is 10.3. The third kappa shape index (κ3) is 3.24. The topological polar surface area (TPSA) is 83.8 Å². The number of aromatic nitrogens is 2. The van der Waals surface area contributed by atoms with Gasteiger partial charge in [-0.1, -0.05) is 34.1 Å². The summed E-state index contributed by atoms with van der Waals surface area (Å²) in [4.78, 5) is 12.1. The Morgan fingerprint density at radius 3 is 2.61 bits per heavy atom. The molecule has 1 heterocycles. The number of aromatic amines is 1. The van der Waals surface area contributed by atoms with E-state index >= 15 is 0 Å². The normalized spacial score (nSPS) is 13.4. The number of nitrogens with zero attached hydrogens (tertiary/aromatic N) is 1. The smallest absolute Gasteiger partial charge is 0.274 e. The van der Waals surface area contributed by atoms with Gasteiger partial charge in [0.25, 0.3) is 5.91 Å². The number of hydrogen-bond acceptors (Lipinski definition) is 3. The lowest BCUT2D eigenvalue weighted by Gasteiger charge is -2.27. The number of H-pyrrole nitrogens is 1. The number of aryl methyl sites for hydroxylation is 1. The molecule has 0 aliphatic rings. The maximum absolute atomic E-state index is 12.1. The van der Waals surface area contributed by atoms with E-state index < -0.39 is 0 Å². The lowest BCUT2D eigenvalue weighted by atomic mass is 9.88. The van der Waals surface area contributed by atoms with Crippen LogP contribution in [0.2, 0.25) is 0 Å². The summed E-state index contributed by atoms with van der Waals surface area (Å²) in [6.07, 6.45) is 1.77. The number of nitrogen functional groups attached to an aromatic ring is 1. The fourth-order valence-corrected chi connectivity index (χ4v) is 1.48. The number of anilines is 1. The molecule has 18 heavy (non-hydrogen) atoms. The molecular formula is C13H24N4O. The van der Waals surface area contributed by atoms with E-state index in [0.717, 1.165) is 18.5 Å². The van der Waals surface area contributed by atoms with Crippen molar-refractivity contribution >= 4 is 11.6 Å². The maximum Gasteiger partial charge on any atom is 0.274 e. The quantitative estimate of drug-likeness (QED) is 0.767. The molecule has 0 spiro atoms. The van der Waals surface area contributed by atoms with Crippen LogP contribution >= 0.6 is 0 Å². The summed E-state index contributed by atoms with van der Waals surface area (Å²) in [5.41, 5.74) is 7.53. The molecule has 0 fully saturated rings. The lowest BCUT2D eigenvalue weighted by Crippen LogP contribution is -2.41. The van der Waals surface area contributed by atoms with Gasteiger partial charge in [0.1, 0.15) is 0 Å². The van der Waals surface area contributed by atoms with E-state index in [9.17, 15) is 4.79 Å². The molecule has 0 saturated heterocycles. The number of nitrogens with one attached hydrogen (secondary N) is 2. The zero-order chi connectivity index (χ0) is 13.9. The lowest BCUT2D eigenvalue weighted by molar-refractivity contribution is 0.0906. The van der Waals surface area contributed by atoms with Gasteiger partial charge >= 0.3 is 0 Å². The number of nitrogens with two attached hydrogens (primary N) is 1. The van der Waals surface area contributed by atoms with Crippen LogP contribution in [-0.4, -0.2) is 22.1 Å². The highest BCUT2D eigenvalue weighted by Gasteiger charge is 2.24. The molecule has 0 aliphatic carbocycles. The average molecular weight is 252 g/mol. The van der Waals surface area contributed by atoms with Crippen molar-refractivity contribution in [2.75, 3.05) is 5.73 Å². The van der Waals surface area contributed by atoms with E-state index in [1.165, 1.54) is 0 Å². The van der Waals surface area contributed by atoms with Crippen molar-refractivity contribution in [1.82, 2.24) is 15.5 Å². The fraction of sp³-hybridized carbons (Fsp3) is 0.692. The molecule has 102 valence electrons. The van der Waals surface area contributed by atoms with Gasteiger partial charge in [-0.3, -0.25) is 9.89 Å². The van der Waals surface area contributed by atoms with Crippen molar-refractivity contribution in [3.8, 4) is 0 Å². The molecule has 5 heteroatoms. The van der Waals surface area contributed by atoms with Crippen LogP contribution in [0.4, 0.5) is 5.69 Å². The van der Waals surface area contributed by atoms with Crippen molar-refractivity contribution in [3.05, 3.63) is 11.4 Å². The zero-order valence-corrected chi connectivity index (χ0v) is 11.9. The molecule has 4 N–H and O–H groups in total. The number of carbonyl (C=O) groups excluding carboxylic acids is 1. The van der Waals surface area contributed by atoms with Crippen LogP contribution in [0, 0.1) is 5.41 Å². The van der Waals surface area contributed by atoms with Crippen LogP contribution in [0.15, 0.2) is 0 Å². The standard InChI is InChI=1S/C13H24N4O/c1-6-7-9-10(14)11(17-16-9)12(18)15-8(2)13(3,4)5/h8H,6-7,14H2,1-5H3,(H,15,18)(H,16,17). The SMILES string of the molecule is CCCc1[nH]nc(C(=O)NC(C)C(C)(C)C)c1N. The minimum Gasteiger partial charge on any atom is -0.395 e. The van der Waals surface area contributed by atoms with Crippen LogP contribution in [0.1, 0.15) is 57.2 Å². The number of amides is 1. The number of carbonyl (C=O) groups is 1. The molecular weight excluding hydrogens is 228 g/mol. The summed E-state index contributed by atoms with van der Waals surface area (Å²) < 4.78 is 0. The van der Waals surface area contributed by atoms with Gasteiger partial charge in [-0.25, -0.2) is 0 Å². The minimum atomic E-state index is -0.214. The van der Waals surface area contributed by atoms with Gasteiger partial charge in [-0.2, -0.15) is 5.10 Å². The predicted molar refractivity (Wildman–Crippen MR) is 73.4 cm³/mol. The minimum absolute atomic E-state index is 0.00692. The van der Waals surface area contributed by atoms with Gasteiger partial charge in [0.2, 0.25) is 0 Å². The van der Waals surface area contributed by atoms with Crippen molar-refractivity contribution in [2.24, 2.45) is 5.41 Å². The summed E-state index contributed by atoms with van der Waals surface area (Å²) in [6, 6.07) is 0.0516. The summed E-state index contributed by atoms with van der Waals surface area (Å²) >= 11 is 0. The maximum atomic E-state index is 12.1. The molecule has 0 aromatic carbocycles. The third-order valence-electron chi connectivity index (χ3n) is 3.24. The van der Waals surface area contributed by atoms with E-state index in [1.54, 1.807) is 0 Å². The molecule has 5 nitrogen and oxygen atoms in total. The third-order valence-corrected chi connectivity index (χ3v) is 3.24. The molecule has 1 atom stereocenters. The van der Waals surface area contributed by atoms with E-state index in [0.29, 0.717) is 11.4 Å². The predicted octanol–water partition coefficient (Wildman–Crippen LogP) is 2.11. The first-order valence-electron chi connectivity index (χ1n) is 6.41. The van der Waals surface area contributed by atoms with Crippen molar-refractivity contribution in [3.63, 3.8) is 0 Å². The van der Waals surface area contributed by atoms with E-state index in [4.69, 9.17) is 5.73 Å². The Morgan fingerprint density at radius 1 is 1.50 bits per heavy atom. The van der Waals surface area contributed by atoms with Crippen molar-refractivity contribution in [1.29, 1.82) is 0 Å². The van der Waals surface area contributed by atoms with Crippen molar-refractivity contribution < 1.29 is 4.79 Å². The summed E-state index contributed by atoms with van der Waals surface area (Å²) in [5.74, 6) is -0.214. The van der Waals surface area contributed by atoms with Gasteiger partial charge < -0.3 is 11.1 Å². The van der Waals surface area contributed by atoms with Crippen LogP contribution in [0.25, 0.3) is 0 Å². The van der Waals surface area contributed by atoms with Crippen molar-refractivity contribution in [2.45, 2.75) is 53.5 Å². The largest absolute Gasteiger partial charge is 0.395 e. The Bertz CT molecular complexity index is 417. The fourth-order valence-electron chi connectivity index (χ4n) is 1.48. The molecule has 0 bridgehead atoms. The monoisotopic (exact) mass is 252 g/mol. The van der Waals surface area contributed by atoms with Gasteiger partial charge in [0.15, 0.2) is 5.69 Å². The highest BCUT2D eigenvalue weighted by atomic mass is 16.2. The second-order valence-electron chi connectivity index (χ2n) is 5.78. The first kappa shape index (κ1) is 14.5. The van der Waals surface area contributed by atoms with E-state index in [1.807, 2.05) is 6.92 Å². The number of hydrogen-bond donors (Lipinski definition) is 3. The van der Waals surface area contributed by atoms with E-state index in [2.05, 4.69) is 43.2 Å². The second-order valence-corrected chi connectivity index (χ2v) is 5.78. The molecule has 1 aromatic rings. The van der Waals surface area contributed by atoms with Crippen LogP contribution in [0.3, 0.4) is 0 Å². The van der Waals surface area contributed by atoms with Crippen LogP contribution in [-0.2, 0) is 6.42 Å². The van der Waals surface area contributed by atoms with Gasteiger partial charge in [-0.15, -0.1) is 0 Å². The first-order chi connectivity index (χ1) is 8.27. The summed E-state index contributed by atoms with van der Waals surface area (Å²) in [5, 5.41) is 9.77. The Balaban J connectivity index is 2.79. The van der Waals surface area contributed by atoms with E-state index in [-0.39, 0.29) is 17.4 Å². The molecule has 0 aliphatic heterocycles. The molecule has 1 unspecified atom stereocenters. The van der Waals surface area contributed by atoms with Crippen LogP contribution in [0.5, 0.6) is 0 Å².